The highest BCUT2D eigenvalue weighted by Crippen LogP contribution is 2.61. The van der Waals surface area contributed by atoms with Gasteiger partial charge in [0.2, 0.25) is 0 Å². The predicted octanol–water partition coefficient (Wildman–Crippen LogP) is 3.25. The lowest BCUT2D eigenvalue weighted by atomic mass is 9.48. The molecule has 0 atom stereocenters. The molecule has 2 aromatic rings. The lowest BCUT2D eigenvalue weighted by molar-refractivity contribution is -0.00574. The van der Waals surface area contributed by atoms with E-state index < -0.39 is 10.0 Å². The van der Waals surface area contributed by atoms with Crippen molar-refractivity contribution in [3.05, 3.63) is 28.8 Å². The van der Waals surface area contributed by atoms with Gasteiger partial charge in [0, 0.05) is 12.6 Å². The van der Waals surface area contributed by atoms with Crippen molar-refractivity contribution in [2.24, 2.45) is 24.8 Å². The molecular formula is C20H28N4O2S. The van der Waals surface area contributed by atoms with Crippen LogP contribution in [0.3, 0.4) is 0 Å². The molecule has 0 radical (unpaired) electrons. The first-order valence-electron chi connectivity index (χ1n) is 10.0. The number of hydrogen-bond donors (Lipinski definition) is 0. The zero-order valence-corrected chi connectivity index (χ0v) is 17.4. The summed E-state index contributed by atoms with van der Waals surface area (Å²) in [4.78, 5) is 0.243. The maximum Gasteiger partial charge on any atom is 0.286 e. The molecule has 0 N–H and O–H groups in total. The van der Waals surface area contributed by atoms with Crippen molar-refractivity contribution in [3.8, 4) is 0 Å². The summed E-state index contributed by atoms with van der Waals surface area (Å²) in [5, 5.41) is 8.68. The third kappa shape index (κ3) is 2.33. The number of nitrogens with zero attached hydrogens (tertiary/aromatic N) is 4. The Labute approximate surface area is 161 Å². The van der Waals surface area contributed by atoms with E-state index in [0.29, 0.717) is 5.69 Å². The highest BCUT2D eigenvalue weighted by atomic mass is 32.2. The zero-order chi connectivity index (χ0) is 19.1. The van der Waals surface area contributed by atoms with Crippen LogP contribution >= 0.6 is 0 Å². The van der Waals surface area contributed by atoms with Crippen molar-refractivity contribution < 1.29 is 8.42 Å². The number of aromatic nitrogens is 4. The Morgan fingerprint density at radius 1 is 1.00 bits per heavy atom. The number of hydrogen-bond acceptors (Lipinski definition) is 4. The highest BCUT2D eigenvalue weighted by Gasteiger charge is 2.53. The van der Waals surface area contributed by atoms with Crippen molar-refractivity contribution in [1.29, 1.82) is 0 Å². The fourth-order valence-corrected chi connectivity index (χ4v) is 8.42. The topological polar surface area (TPSA) is 69.8 Å². The first-order chi connectivity index (χ1) is 12.7. The molecule has 0 saturated heterocycles. The summed E-state index contributed by atoms with van der Waals surface area (Å²) in [6.45, 7) is 5.71. The lowest BCUT2D eigenvalue weighted by Crippen LogP contribution is -2.49. The number of rotatable bonds is 3. The quantitative estimate of drug-likeness (QED) is 0.809. The minimum atomic E-state index is -3.73. The first kappa shape index (κ1) is 17.5. The van der Waals surface area contributed by atoms with Gasteiger partial charge in [-0.25, -0.2) is 0 Å². The molecule has 0 aliphatic heterocycles. The summed E-state index contributed by atoms with van der Waals surface area (Å²) >= 11 is 0. The molecule has 4 saturated carbocycles. The smallest absolute Gasteiger partial charge is 0.272 e. The SMILES string of the molecule is Cc1nn(S(=O)(=O)c2cnn(C)c2C)c(C)c1C12CC3CC(CC(C3)C1)C2. The average Bonchev–Trinajstić information content (AvgIpc) is 3.06. The van der Waals surface area contributed by atoms with E-state index in [1.54, 1.807) is 18.7 Å². The average molecular weight is 389 g/mol. The Morgan fingerprint density at radius 3 is 2.04 bits per heavy atom. The van der Waals surface area contributed by atoms with E-state index in [2.05, 4.69) is 10.2 Å². The van der Waals surface area contributed by atoms with Gasteiger partial charge in [0.15, 0.2) is 0 Å². The molecule has 0 aromatic carbocycles. The fraction of sp³-hybridized carbons (Fsp3) is 0.700. The van der Waals surface area contributed by atoms with E-state index in [1.165, 1.54) is 54.4 Å². The van der Waals surface area contributed by atoms with Gasteiger partial charge in [-0.05, 0) is 82.5 Å². The second kappa shape index (κ2) is 5.46. The van der Waals surface area contributed by atoms with Crippen LogP contribution in [0.25, 0.3) is 0 Å². The zero-order valence-electron chi connectivity index (χ0n) is 16.6. The van der Waals surface area contributed by atoms with Gasteiger partial charge in [-0.1, -0.05) is 0 Å². The fourth-order valence-electron chi connectivity index (χ4n) is 6.86. The molecule has 6 rings (SSSR count). The Bertz CT molecular complexity index is 996. The van der Waals surface area contributed by atoms with Gasteiger partial charge in [-0.15, -0.1) is 0 Å². The van der Waals surface area contributed by atoms with E-state index in [0.717, 1.165) is 29.1 Å². The monoisotopic (exact) mass is 388 g/mol. The van der Waals surface area contributed by atoms with Crippen LogP contribution in [-0.4, -0.2) is 27.4 Å². The van der Waals surface area contributed by atoms with Gasteiger partial charge in [0.25, 0.3) is 10.0 Å². The molecule has 4 aliphatic rings. The third-order valence-electron chi connectivity index (χ3n) is 7.52. The Kier molecular flexibility index (Phi) is 3.53. The van der Waals surface area contributed by atoms with E-state index in [1.807, 2.05) is 13.8 Å². The van der Waals surface area contributed by atoms with Crippen LogP contribution in [0.2, 0.25) is 0 Å². The molecule has 27 heavy (non-hydrogen) atoms. The summed E-state index contributed by atoms with van der Waals surface area (Å²) in [6, 6.07) is 0. The standard InChI is InChI=1S/C20H28N4O2S/c1-12-19(20-8-15-5-16(9-20)7-17(6-15)10-20)14(3)24(22-12)27(25,26)18-11-21-23(4)13(18)2/h11,15-17H,5-10H2,1-4H3. The molecule has 0 spiro atoms. The molecule has 2 heterocycles. The van der Waals surface area contributed by atoms with Gasteiger partial charge in [0.1, 0.15) is 4.90 Å². The summed E-state index contributed by atoms with van der Waals surface area (Å²) in [5.41, 5.74) is 3.68. The summed E-state index contributed by atoms with van der Waals surface area (Å²) in [5.74, 6) is 2.45. The van der Waals surface area contributed by atoms with Crippen LogP contribution in [0.4, 0.5) is 0 Å². The van der Waals surface area contributed by atoms with E-state index >= 15 is 0 Å². The molecule has 4 bridgehead atoms. The third-order valence-corrected chi connectivity index (χ3v) is 9.28. The van der Waals surface area contributed by atoms with Crippen molar-refractivity contribution in [3.63, 3.8) is 0 Å². The van der Waals surface area contributed by atoms with Crippen molar-refractivity contribution in [1.82, 2.24) is 19.0 Å². The van der Waals surface area contributed by atoms with Gasteiger partial charge < -0.3 is 0 Å². The van der Waals surface area contributed by atoms with Gasteiger partial charge in [0.05, 0.1) is 23.3 Å². The van der Waals surface area contributed by atoms with Crippen molar-refractivity contribution in [2.75, 3.05) is 0 Å². The minimum Gasteiger partial charge on any atom is -0.272 e. The molecule has 0 unspecified atom stereocenters. The van der Waals surface area contributed by atoms with E-state index in [-0.39, 0.29) is 10.3 Å². The Hall–Kier alpha value is -1.63. The summed E-state index contributed by atoms with van der Waals surface area (Å²) in [7, 11) is -1.97. The van der Waals surface area contributed by atoms with Crippen molar-refractivity contribution >= 4 is 10.0 Å². The van der Waals surface area contributed by atoms with Gasteiger partial charge >= 0.3 is 0 Å². The normalized spacial score (nSPS) is 32.4. The highest BCUT2D eigenvalue weighted by molar-refractivity contribution is 7.90. The predicted molar refractivity (Wildman–Crippen MR) is 102 cm³/mol. The molecule has 146 valence electrons. The molecule has 4 fully saturated rings. The maximum absolute atomic E-state index is 13.3. The van der Waals surface area contributed by atoms with Crippen LogP contribution in [0.15, 0.2) is 11.1 Å². The van der Waals surface area contributed by atoms with Gasteiger partial charge in [-0.2, -0.15) is 22.7 Å². The Balaban J connectivity index is 1.64. The second-order valence-electron chi connectivity index (χ2n) is 9.31. The number of aryl methyl sites for hydroxylation is 2. The first-order valence-corrected chi connectivity index (χ1v) is 11.5. The van der Waals surface area contributed by atoms with Crippen LogP contribution in [0, 0.1) is 38.5 Å². The molecule has 7 heteroatoms. The van der Waals surface area contributed by atoms with E-state index in [4.69, 9.17) is 0 Å². The molecule has 0 amide bonds. The van der Waals surface area contributed by atoms with E-state index in [9.17, 15) is 8.42 Å². The molecule has 2 aromatic heterocycles. The summed E-state index contributed by atoms with van der Waals surface area (Å²) < 4.78 is 29.5. The molecule has 4 aliphatic carbocycles. The largest absolute Gasteiger partial charge is 0.286 e. The lowest BCUT2D eigenvalue weighted by Gasteiger charge is -2.57. The van der Waals surface area contributed by atoms with Crippen molar-refractivity contribution in [2.45, 2.75) is 69.6 Å². The minimum absolute atomic E-state index is 0.140. The Morgan fingerprint density at radius 2 is 1.56 bits per heavy atom. The van der Waals surface area contributed by atoms with Gasteiger partial charge in [-0.3, -0.25) is 4.68 Å². The van der Waals surface area contributed by atoms with Crippen LogP contribution in [0.1, 0.15) is 61.2 Å². The van der Waals surface area contributed by atoms with Crippen LogP contribution in [-0.2, 0) is 22.5 Å². The van der Waals surface area contributed by atoms with Crippen LogP contribution < -0.4 is 0 Å². The summed E-state index contributed by atoms with van der Waals surface area (Å²) in [6.07, 6.45) is 9.18. The molecule has 6 nitrogen and oxygen atoms in total. The maximum atomic E-state index is 13.3. The second-order valence-corrected chi connectivity index (χ2v) is 11.0. The molecular weight excluding hydrogens is 360 g/mol. The van der Waals surface area contributed by atoms with Crippen LogP contribution in [0.5, 0.6) is 0 Å².